The first kappa shape index (κ1) is 21.5. The monoisotopic (exact) mass is 405 g/mol. The molecule has 2 fully saturated rings. The zero-order chi connectivity index (χ0) is 19.8. The quantitative estimate of drug-likeness (QED) is 0.578. The van der Waals surface area contributed by atoms with Crippen molar-refractivity contribution in [3.05, 3.63) is 35.4 Å². The van der Waals surface area contributed by atoms with Gasteiger partial charge in [-0.05, 0) is 44.7 Å². The number of guanidine groups is 1. The number of thioether (sulfide) groups is 1. The highest BCUT2D eigenvalue weighted by atomic mass is 32.2. The maximum Gasteiger partial charge on any atom is 0.194 e. The van der Waals surface area contributed by atoms with Crippen molar-refractivity contribution in [3.63, 3.8) is 0 Å². The van der Waals surface area contributed by atoms with E-state index in [1.165, 1.54) is 11.1 Å². The Hall–Kier alpha value is -1.24. The van der Waals surface area contributed by atoms with Crippen LogP contribution in [0.2, 0.25) is 0 Å². The Bertz CT molecular complexity index is 627. The van der Waals surface area contributed by atoms with E-state index in [-0.39, 0.29) is 4.75 Å². The molecular formula is C22H35N3O2S. The molecule has 6 heteroatoms. The molecule has 28 heavy (non-hydrogen) atoms. The van der Waals surface area contributed by atoms with Gasteiger partial charge >= 0.3 is 0 Å². The molecule has 0 aliphatic carbocycles. The molecule has 2 aliphatic heterocycles. The second kappa shape index (κ2) is 10.5. The van der Waals surface area contributed by atoms with Crippen LogP contribution >= 0.6 is 11.8 Å². The van der Waals surface area contributed by atoms with Crippen LogP contribution in [-0.2, 0) is 22.6 Å². The zero-order valence-electron chi connectivity index (χ0n) is 17.6. The number of benzene rings is 1. The molecule has 0 unspecified atom stereocenters. The Morgan fingerprint density at radius 1 is 1.25 bits per heavy atom. The van der Waals surface area contributed by atoms with Gasteiger partial charge in [0.15, 0.2) is 5.96 Å². The van der Waals surface area contributed by atoms with E-state index in [0.29, 0.717) is 19.3 Å². The third-order valence-corrected chi connectivity index (χ3v) is 6.45. The van der Waals surface area contributed by atoms with E-state index in [1.807, 2.05) is 11.8 Å². The normalized spacial score (nSPS) is 21.0. The molecule has 0 saturated carbocycles. The standard InChI is InChI=1S/C22H35N3O2S/c1-4-23-21(25-11-14-28-22(2,3)17-25)24-15-18-5-7-19(8-6-18)16-27-20-9-12-26-13-10-20/h5-8,20H,4,9-17H2,1-3H3,(H,23,24). The summed E-state index contributed by atoms with van der Waals surface area (Å²) in [4.78, 5) is 7.30. The van der Waals surface area contributed by atoms with E-state index in [4.69, 9.17) is 14.5 Å². The fourth-order valence-electron chi connectivity index (χ4n) is 3.59. The van der Waals surface area contributed by atoms with Crippen molar-refractivity contribution in [1.82, 2.24) is 10.2 Å². The minimum absolute atomic E-state index is 0.278. The molecule has 1 aromatic carbocycles. The maximum atomic E-state index is 6.01. The number of nitrogens with one attached hydrogen (secondary N) is 1. The van der Waals surface area contributed by atoms with Crippen LogP contribution in [0.4, 0.5) is 0 Å². The van der Waals surface area contributed by atoms with Crippen LogP contribution in [0.5, 0.6) is 0 Å². The van der Waals surface area contributed by atoms with Crippen molar-refractivity contribution in [3.8, 4) is 0 Å². The van der Waals surface area contributed by atoms with Crippen molar-refractivity contribution in [2.24, 2.45) is 4.99 Å². The van der Waals surface area contributed by atoms with E-state index in [0.717, 1.165) is 57.4 Å². The van der Waals surface area contributed by atoms with Crippen LogP contribution in [0.25, 0.3) is 0 Å². The molecule has 0 bridgehead atoms. The van der Waals surface area contributed by atoms with Gasteiger partial charge in [0.1, 0.15) is 0 Å². The molecule has 3 rings (SSSR count). The molecule has 2 saturated heterocycles. The van der Waals surface area contributed by atoms with Crippen molar-refractivity contribution in [1.29, 1.82) is 0 Å². The molecule has 0 radical (unpaired) electrons. The van der Waals surface area contributed by atoms with Crippen LogP contribution in [-0.4, -0.2) is 60.3 Å². The number of aliphatic imine (C=N–C) groups is 1. The lowest BCUT2D eigenvalue weighted by atomic mass is 10.1. The van der Waals surface area contributed by atoms with E-state index in [1.54, 1.807) is 0 Å². The minimum Gasteiger partial charge on any atom is -0.381 e. The Morgan fingerprint density at radius 3 is 2.64 bits per heavy atom. The van der Waals surface area contributed by atoms with Crippen LogP contribution < -0.4 is 5.32 Å². The van der Waals surface area contributed by atoms with Gasteiger partial charge in [-0.15, -0.1) is 0 Å². The smallest absolute Gasteiger partial charge is 0.194 e. The summed E-state index contributed by atoms with van der Waals surface area (Å²) in [5.41, 5.74) is 2.46. The fraction of sp³-hybridized carbons (Fsp3) is 0.682. The molecule has 0 aromatic heterocycles. The number of hydrogen-bond acceptors (Lipinski definition) is 4. The van der Waals surface area contributed by atoms with Gasteiger partial charge in [-0.2, -0.15) is 11.8 Å². The van der Waals surface area contributed by atoms with Gasteiger partial charge in [0.25, 0.3) is 0 Å². The third-order valence-electron chi connectivity index (χ3n) is 5.15. The Balaban J connectivity index is 1.53. The molecule has 0 amide bonds. The molecule has 0 atom stereocenters. The van der Waals surface area contributed by atoms with Crippen molar-refractivity contribution >= 4 is 17.7 Å². The summed E-state index contributed by atoms with van der Waals surface area (Å²) in [5.74, 6) is 2.18. The predicted molar refractivity (Wildman–Crippen MR) is 118 cm³/mol. The first-order valence-electron chi connectivity index (χ1n) is 10.5. The summed E-state index contributed by atoms with van der Waals surface area (Å²) in [6, 6.07) is 8.67. The Morgan fingerprint density at radius 2 is 1.96 bits per heavy atom. The van der Waals surface area contributed by atoms with Crippen LogP contribution in [0.1, 0.15) is 44.7 Å². The lowest BCUT2D eigenvalue weighted by Crippen LogP contribution is -2.50. The third kappa shape index (κ3) is 6.68. The van der Waals surface area contributed by atoms with E-state index < -0.39 is 0 Å². The van der Waals surface area contributed by atoms with Gasteiger partial charge in [0.05, 0.1) is 19.3 Å². The topological polar surface area (TPSA) is 46.1 Å². The lowest BCUT2D eigenvalue weighted by molar-refractivity contribution is -0.0390. The van der Waals surface area contributed by atoms with E-state index in [2.05, 4.69) is 55.3 Å². The number of hydrogen-bond donors (Lipinski definition) is 1. The van der Waals surface area contributed by atoms with Gasteiger partial charge in [0, 0.05) is 43.3 Å². The van der Waals surface area contributed by atoms with Gasteiger partial charge in [-0.25, -0.2) is 4.99 Å². The van der Waals surface area contributed by atoms with Gasteiger partial charge in [-0.3, -0.25) is 0 Å². The highest BCUT2D eigenvalue weighted by Gasteiger charge is 2.28. The van der Waals surface area contributed by atoms with Crippen molar-refractivity contribution < 1.29 is 9.47 Å². The minimum atomic E-state index is 0.278. The maximum absolute atomic E-state index is 6.01. The lowest BCUT2D eigenvalue weighted by Gasteiger charge is -2.39. The Kier molecular flexibility index (Phi) is 8.06. The van der Waals surface area contributed by atoms with Crippen LogP contribution in [0, 0.1) is 0 Å². The second-order valence-corrected chi connectivity index (χ2v) is 9.94. The molecular weight excluding hydrogens is 370 g/mol. The summed E-state index contributed by atoms with van der Waals surface area (Å²) < 4.78 is 11.7. The fourth-order valence-corrected chi connectivity index (χ4v) is 4.70. The van der Waals surface area contributed by atoms with Crippen molar-refractivity contribution in [2.45, 2.75) is 57.6 Å². The molecule has 2 aliphatic rings. The number of ether oxygens (including phenoxy) is 2. The van der Waals surface area contributed by atoms with Crippen LogP contribution in [0.15, 0.2) is 29.3 Å². The van der Waals surface area contributed by atoms with E-state index in [9.17, 15) is 0 Å². The first-order chi connectivity index (χ1) is 13.6. The number of nitrogens with zero attached hydrogens (tertiary/aromatic N) is 2. The summed E-state index contributed by atoms with van der Waals surface area (Å²) in [7, 11) is 0. The molecule has 0 spiro atoms. The van der Waals surface area contributed by atoms with Gasteiger partial charge < -0.3 is 19.7 Å². The predicted octanol–water partition coefficient (Wildman–Crippen LogP) is 3.68. The van der Waals surface area contributed by atoms with Gasteiger partial charge in [0.2, 0.25) is 0 Å². The summed E-state index contributed by atoms with van der Waals surface area (Å²) in [6.45, 7) is 12.8. The van der Waals surface area contributed by atoms with Crippen LogP contribution in [0.3, 0.4) is 0 Å². The summed E-state index contributed by atoms with van der Waals surface area (Å²) in [6.07, 6.45) is 2.35. The highest BCUT2D eigenvalue weighted by molar-refractivity contribution is 8.00. The molecule has 5 nitrogen and oxygen atoms in total. The summed E-state index contributed by atoms with van der Waals surface area (Å²) in [5, 5.41) is 3.46. The molecule has 1 aromatic rings. The first-order valence-corrected chi connectivity index (χ1v) is 11.5. The molecule has 1 N–H and O–H groups in total. The molecule has 2 heterocycles. The van der Waals surface area contributed by atoms with Gasteiger partial charge in [-0.1, -0.05) is 24.3 Å². The van der Waals surface area contributed by atoms with E-state index >= 15 is 0 Å². The molecule has 156 valence electrons. The average Bonchev–Trinajstić information content (AvgIpc) is 2.70. The number of rotatable bonds is 6. The largest absolute Gasteiger partial charge is 0.381 e. The highest BCUT2D eigenvalue weighted by Crippen LogP contribution is 2.29. The Labute approximate surface area is 174 Å². The average molecular weight is 406 g/mol. The summed E-state index contributed by atoms with van der Waals surface area (Å²) >= 11 is 2.05. The van der Waals surface area contributed by atoms with Crippen molar-refractivity contribution in [2.75, 3.05) is 38.6 Å². The zero-order valence-corrected chi connectivity index (χ0v) is 18.4. The second-order valence-electron chi connectivity index (χ2n) is 8.14. The SMILES string of the molecule is CCNC(=NCc1ccc(COC2CCOCC2)cc1)N1CCSC(C)(C)C1.